The Morgan fingerprint density at radius 3 is 2.57 bits per heavy atom. The number of aromatic nitrogens is 1. The van der Waals surface area contributed by atoms with Crippen molar-refractivity contribution in [2.75, 3.05) is 38.5 Å². The lowest BCUT2D eigenvalue weighted by Crippen LogP contribution is -2.57. The first-order valence-electron chi connectivity index (χ1n) is 10.3. The molecule has 0 N–H and O–H groups in total. The lowest BCUT2D eigenvalue weighted by molar-refractivity contribution is -0.135. The van der Waals surface area contributed by atoms with Gasteiger partial charge in [-0.25, -0.2) is 12.7 Å². The predicted octanol–water partition coefficient (Wildman–Crippen LogP) is 1.18. The Morgan fingerprint density at radius 2 is 1.96 bits per heavy atom. The van der Waals surface area contributed by atoms with Crippen LogP contribution in [0.3, 0.4) is 0 Å². The number of carbonyl (C=O) groups is 1. The summed E-state index contributed by atoms with van der Waals surface area (Å²) < 4.78 is 26.2. The molecule has 28 heavy (non-hydrogen) atoms. The molecule has 3 aliphatic heterocycles. The second-order valence-electron chi connectivity index (χ2n) is 8.25. The van der Waals surface area contributed by atoms with Crippen LogP contribution < -0.4 is 0 Å². The van der Waals surface area contributed by atoms with Gasteiger partial charge in [-0.05, 0) is 38.3 Å². The maximum Gasteiger partial charge on any atom is 0.227 e. The molecule has 2 atom stereocenters. The Labute approximate surface area is 167 Å². The van der Waals surface area contributed by atoms with E-state index >= 15 is 0 Å². The fourth-order valence-electron chi connectivity index (χ4n) is 5.62. The fourth-order valence-corrected chi connectivity index (χ4v) is 6.73. The van der Waals surface area contributed by atoms with Crippen molar-refractivity contribution in [3.63, 3.8) is 0 Å². The zero-order chi connectivity index (χ0) is 19.9. The van der Waals surface area contributed by atoms with E-state index in [0.717, 1.165) is 32.5 Å². The van der Waals surface area contributed by atoms with E-state index in [9.17, 15) is 13.2 Å². The maximum atomic E-state index is 13.2. The molecule has 1 amide bonds. The number of pyridine rings is 1. The summed E-state index contributed by atoms with van der Waals surface area (Å²) in [6.07, 6.45) is 5.15. The van der Waals surface area contributed by atoms with Gasteiger partial charge in [-0.15, -0.1) is 0 Å². The highest BCUT2D eigenvalue weighted by Gasteiger charge is 2.61. The second-order valence-corrected chi connectivity index (χ2v) is 10.5. The molecule has 0 aromatic carbocycles. The highest BCUT2D eigenvalue weighted by Crippen LogP contribution is 2.50. The molecule has 0 unspecified atom stereocenters. The number of amides is 1. The van der Waals surface area contributed by atoms with Gasteiger partial charge < -0.3 is 4.90 Å². The average molecular weight is 407 g/mol. The van der Waals surface area contributed by atoms with Crippen LogP contribution in [-0.4, -0.2) is 77.4 Å². The highest BCUT2D eigenvalue weighted by molar-refractivity contribution is 7.89. The molecule has 4 rings (SSSR count). The Bertz CT molecular complexity index is 821. The van der Waals surface area contributed by atoms with Gasteiger partial charge in [-0.3, -0.25) is 14.7 Å². The van der Waals surface area contributed by atoms with Gasteiger partial charge in [0.05, 0.1) is 17.2 Å². The minimum Gasteiger partial charge on any atom is -0.337 e. The van der Waals surface area contributed by atoms with E-state index in [1.54, 1.807) is 17.4 Å². The van der Waals surface area contributed by atoms with Gasteiger partial charge >= 0.3 is 0 Å². The number of carbonyl (C=O) groups excluding carboxylic acids is 1. The van der Waals surface area contributed by atoms with Gasteiger partial charge in [-0.1, -0.05) is 6.07 Å². The van der Waals surface area contributed by atoms with Crippen LogP contribution in [0, 0.1) is 11.8 Å². The van der Waals surface area contributed by atoms with E-state index in [4.69, 9.17) is 0 Å². The first-order valence-corrected chi connectivity index (χ1v) is 11.9. The van der Waals surface area contributed by atoms with Crippen molar-refractivity contribution >= 4 is 15.9 Å². The van der Waals surface area contributed by atoms with Crippen molar-refractivity contribution in [3.05, 3.63) is 30.1 Å². The maximum absolute atomic E-state index is 13.2. The zero-order valence-electron chi connectivity index (χ0n) is 16.7. The quantitative estimate of drug-likeness (QED) is 0.734. The average Bonchev–Trinajstić information content (AvgIpc) is 3.21. The van der Waals surface area contributed by atoms with Crippen LogP contribution in [0.4, 0.5) is 0 Å². The van der Waals surface area contributed by atoms with E-state index < -0.39 is 10.0 Å². The van der Waals surface area contributed by atoms with E-state index in [-0.39, 0.29) is 29.0 Å². The van der Waals surface area contributed by atoms with Crippen molar-refractivity contribution < 1.29 is 13.2 Å². The molecule has 1 spiro atoms. The molecule has 8 heteroatoms. The van der Waals surface area contributed by atoms with Gasteiger partial charge in [0.15, 0.2) is 0 Å². The molecule has 3 saturated heterocycles. The molecular weight excluding hydrogens is 376 g/mol. The number of hydrogen-bond acceptors (Lipinski definition) is 5. The monoisotopic (exact) mass is 406 g/mol. The lowest BCUT2D eigenvalue weighted by Gasteiger charge is -2.47. The molecule has 3 aliphatic rings. The van der Waals surface area contributed by atoms with Crippen molar-refractivity contribution in [3.8, 4) is 0 Å². The molecule has 3 fully saturated rings. The summed E-state index contributed by atoms with van der Waals surface area (Å²) in [5.41, 5.74) is 0.972. The molecule has 0 bridgehead atoms. The number of rotatable bonds is 5. The fraction of sp³-hybridized carbons (Fsp3) is 0.700. The van der Waals surface area contributed by atoms with Crippen LogP contribution in [0.1, 0.15) is 32.3 Å². The van der Waals surface area contributed by atoms with E-state index in [1.165, 1.54) is 5.56 Å². The lowest BCUT2D eigenvalue weighted by atomic mass is 9.75. The summed E-state index contributed by atoms with van der Waals surface area (Å²) in [6.45, 7) is 7.97. The topological polar surface area (TPSA) is 73.8 Å². The van der Waals surface area contributed by atoms with Crippen LogP contribution in [0.5, 0.6) is 0 Å². The summed E-state index contributed by atoms with van der Waals surface area (Å²) >= 11 is 0. The van der Waals surface area contributed by atoms with Crippen molar-refractivity contribution in [2.24, 2.45) is 11.8 Å². The van der Waals surface area contributed by atoms with Crippen LogP contribution in [-0.2, 0) is 21.4 Å². The van der Waals surface area contributed by atoms with Gasteiger partial charge in [0.2, 0.25) is 15.9 Å². The van der Waals surface area contributed by atoms with Crippen molar-refractivity contribution in [1.82, 2.24) is 19.1 Å². The number of nitrogens with zero attached hydrogens (tertiary/aromatic N) is 4. The molecule has 1 aromatic rings. The molecule has 0 radical (unpaired) electrons. The Balaban J connectivity index is 1.53. The first-order chi connectivity index (χ1) is 13.4. The molecule has 0 saturated carbocycles. The van der Waals surface area contributed by atoms with E-state index in [0.29, 0.717) is 19.6 Å². The largest absolute Gasteiger partial charge is 0.337 e. The summed E-state index contributed by atoms with van der Waals surface area (Å²) in [5, 5.41) is 0. The van der Waals surface area contributed by atoms with Crippen LogP contribution in [0.25, 0.3) is 0 Å². The number of sulfonamides is 1. The number of fused-ring (bicyclic) bond motifs is 2. The van der Waals surface area contributed by atoms with Crippen molar-refractivity contribution in [1.29, 1.82) is 0 Å². The Morgan fingerprint density at radius 1 is 1.21 bits per heavy atom. The van der Waals surface area contributed by atoms with E-state index in [1.807, 2.05) is 19.2 Å². The summed E-state index contributed by atoms with van der Waals surface area (Å²) in [7, 11) is -3.17. The summed E-state index contributed by atoms with van der Waals surface area (Å²) in [5.74, 6) is 0.712. The van der Waals surface area contributed by atoms with Crippen LogP contribution in [0.2, 0.25) is 0 Å². The minimum absolute atomic E-state index is 0.0333. The third kappa shape index (κ3) is 3.15. The van der Waals surface area contributed by atoms with Gasteiger partial charge in [0.25, 0.3) is 0 Å². The highest BCUT2D eigenvalue weighted by atomic mass is 32.2. The molecule has 1 aromatic heterocycles. The Kier molecular flexibility index (Phi) is 5.22. The molecular formula is C20H30N4O3S. The third-order valence-corrected chi connectivity index (χ3v) is 8.88. The van der Waals surface area contributed by atoms with Crippen LogP contribution >= 0.6 is 0 Å². The van der Waals surface area contributed by atoms with Gasteiger partial charge in [0, 0.05) is 57.6 Å². The van der Waals surface area contributed by atoms with Crippen molar-refractivity contribution in [2.45, 2.75) is 38.8 Å². The molecule has 7 nitrogen and oxygen atoms in total. The van der Waals surface area contributed by atoms with Gasteiger partial charge in [0.1, 0.15) is 0 Å². The summed E-state index contributed by atoms with van der Waals surface area (Å²) in [6, 6.07) is 4.02. The molecule has 0 aliphatic carbocycles. The number of hydrogen-bond donors (Lipinski definition) is 0. The predicted molar refractivity (Wildman–Crippen MR) is 107 cm³/mol. The minimum atomic E-state index is -3.17. The Hall–Kier alpha value is -1.51. The number of likely N-dealkylation sites (tertiary alicyclic amines) is 2. The number of piperidine rings is 1. The molecule has 4 heterocycles. The standard InChI is InChI=1S/C20H30N4O3S/c1-3-24-19(25)17-14-22(13-16-6-5-9-21-12-16)15-18(17)20(24)7-10-23(11-8-20)28(26,27)4-2/h5-6,9,12,17-18H,3-4,7-8,10-11,13-15H2,1-2H3/t17-,18+/m0/s1. The smallest absolute Gasteiger partial charge is 0.227 e. The second kappa shape index (κ2) is 7.39. The van der Waals surface area contributed by atoms with Gasteiger partial charge in [-0.2, -0.15) is 0 Å². The van der Waals surface area contributed by atoms with Crippen LogP contribution in [0.15, 0.2) is 24.5 Å². The SMILES string of the molecule is CCN1C(=O)[C@H]2CN(Cc3cccnc3)C[C@H]2C12CCN(S(=O)(=O)CC)CC2. The molecule has 154 valence electrons. The first kappa shape index (κ1) is 19.8. The normalized spacial score (nSPS) is 28.2. The third-order valence-electron chi connectivity index (χ3n) is 7.00. The van der Waals surface area contributed by atoms with E-state index in [2.05, 4.69) is 20.9 Å². The summed E-state index contributed by atoms with van der Waals surface area (Å²) in [4.78, 5) is 21.8. The zero-order valence-corrected chi connectivity index (χ0v) is 17.6.